The van der Waals surface area contributed by atoms with Crippen molar-refractivity contribution in [2.75, 3.05) is 18.9 Å². The molecule has 5 heterocycles. The highest BCUT2D eigenvalue weighted by Crippen LogP contribution is 2.49. The number of imidazole rings is 1. The molecule has 5 rings (SSSR count). The van der Waals surface area contributed by atoms with Crippen LogP contribution in [0.25, 0.3) is 11.2 Å². The van der Waals surface area contributed by atoms with E-state index in [1.54, 1.807) is 0 Å². The summed E-state index contributed by atoms with van der Waals surface area (Å²) in [7, 11) is -10.0. The molecule has 8 atom stereocenters. The number of fused-ring (bicyclic) bond motifs is 1. The van der Waals surface area contributed by atoms with Crippen LogP contribution in [0.15, 0.2) is 28.4 Å². The quantitative estimate of drug-likeness (QED) is 0.114. The summed E-state index contributed by atoms with van der Waals surface area (Å²) in [6.07, 6.45) is -6.43. The van der Waals surface area contributed by atoms with Gasteiger partial charge in [-0.3, -0.25) is 32.5 Å². The molecule has 3 aromatic heterocycles. The molecular weight excluding hydrogens is 624 g/mol. The van der Waals surface area contributed by atoms with Gasteiger partial charge in [-0.25, -0.2) is 28.9 Å². The first-order valence-corrected chi connectivity index (χ1v) is 15.4. The standard InChI is InChI=1S/C20H27N7O14P2/c1-8-3-26(20(31)25-18(8)30)12-2-9(10(39-12)4-37-42(32,33)34)41-43(35,36)38-5-11-14(28)15(29)19(40-11)27-7-24-13-16(21)22-6-23-17(13)27/h3,6-7,9-12,14-15,19,28-29H,2,4-5H2,1H3,(H,35,36)(H2,21,22,23)(H,25,30,31)(H2,32,33,34)/t9-,10+,11+,12+,14+,15+,19+/m0/s1. The smallest absolute Gasteiger partial charge is 0.387 e. The Kier molecular flexibility index (Phi) is 8.71. The van der Waals surface area contributed by atoms with Crippen LogP contribution in [-0.2, 0) is 32.2 Å². The van der Waals surface area contributed by atoms with Crippen molar-refractivity contribution in [2.45, 2.75) is 56.3 Å². The van der Waals surface area contributed by atoms with Crippen LogP contribution in [0.3, 0.4) is 0 Å². The fraction of sp³-hybridized carbons (Fsp3) is 0.550. The Labute approximate surface area is 239 Å². The number of nitrogens with one attached hydrogen (secondary N) is 1. The number of aryl methyl sites for hydroxylation is 1. The average Bonchev–Trinajstić information content (AvgIpc) is 3.60. The van der Waals surface area contributed by atoms with E-state index in [0.717, 1.165) is 10.9 Å². The van der Waals surface area contributed by atoms with Crippen LogP contribution in [0.5, 0.6) is 0 Å². The second-order valence-corrected chi connectivity index (χ2v) is 12.3. The van der Waals surface area contributed by atoms with Gasteiger partial charge in [-0.15, -0.1) is 0 Å². The SMILES string of the molecule is Cc1cn([C@H]2C[C@H](OP(=O)(O)OC[C@H]3O[C@@H](n4cnc5c(N)ncnc54)[C@H](O)[C@@H]3O)[C@@H](COP(=O)(O)O)O2)c(=O)[nH]c1=O. The Bertz CT molecular complexity index is 1710. The largest absolute Gasteiger partial charge is 0.472 e. The summed E-state index contributed by atoms with van der Waals surface area (Å²) in [5.74, 6) is 0.0678. The normalized spacial score (nSPS) is 29.3. The molecule has 0 radical (unpaired) electrons. The number of rotatable bonds is 10. The van der Waals surface area contributed by atoms with Crippen LogP contribution in [0.1, 0.15) is 24.4 Å². The summed E-state index contributed by atoms with van der Waals surface area (Å²) in [6, 6.07) is 0. The van der Waals surface area contributed by atoms with E-state index in [2.05, 4.69) is 24.5 Å². The number of phosphoric ester groups is 2. The van der Waals surface area contributed by atoms with Crippen LogP contribution in [0.4, 0.5) is 5.82 Å². The molecule has 1 unspecified atom stereocenters. The van der Waals surface area contributed by atoms with Crippen LogP contribution >= 0.6 is 15.6 Å². The number of anilines is 1. The topological polar surface area (TPSA) is 306 Å². The van der Waals surface area contributed by atoms with Crippen molar-refractivity contribution in [3.8, 4) is 0 Å². The van der Waals surface area contributed by atoms with Crippen molar-refractivity contribution in [3.63, 3.8) is 0 Å². The number of aliphatic hydroxyl groups excluding tert-OH is 2. The van der Waals surface area contributed by atoms with Gasteiger partial charge >= 0.3 is 21.3 Å². The Morgan fingerprint density at radius 1 is 1.05 bits per heavy atom. The fourth-order valence-corrected chi connectivity index (χ4v) is 5.93. The van der Waals surface area contributed by atoms with Gasteiger partial charge in [0.2, 0.25) is 0 Å². The molecule has 23 heteroatoms. The maximum atomic E-state index is 12.9. The maximum absolute atomic E-state index is 12.9. The Balaban J connectivity index is 1.27. The Morgan fingerprint density at radius 3 is 2.49 bits per heavy atom. The second-order valence-electron chi connectivity index (χ2n) is 9.67. The Morgan fingerprint density at radius 2 is 1.77 bits per heavy atom. The molecule has 43 heavy (non-hydrogen) atoms. The van der Waals surface area contributed by atoms with Gasteiger partial charge < -0.3 is 40.1 Å². The summed E-state index contributed by atoms with van der Waals surface area (Å²) < 4.78 is 52.4. The van der Waals surface area contributed by atoms with E-state index < -0.39 is 83.1 Å². The summed E-state index contributed by atoms with van der Waals surface area (Å²) in [6.45, 7) is -0.152. The van der Waals surface area contributed by atoms with Crippen molar-refractivity contribution < 1.29 is 57.1 Å². The molecule has 21 nitrogen and oxygen atoms in total. The van der Waals surface area contributed by atoms with E-state index in [1.165, 1.54) is 24.0 Å². The minimum absolute atomic E-state index is 0.0678. The lowest BCUT2D eigenvalue weighted by Gasteiger charge is -2.22. The number of nitrogen functional groups attached to an aromatic ring is 1. The number of nitrogens with two attached hydrogens (primary N) is 1. The minimum atomic E-state index is -5.02. The van der Waals surface area contributed by atoms with Gasteiger partial charge in [0.25, 0.3) is 5.56 Å². The molecular formula is C20H27N7O14P2. The lowest BCUT2D eigenvalue weighted by Crippen LogP contribution is -2.34. The summed E-state index contributed by atoms with van der Waals surface area (Å²) in [4.78, 5) is 66.7. The molecule has 0 aliphatic carbocycles. The molecule has 0 bridgehead atoms. The molecule has 2 fully saturated rings. The third-order valence-corrected chi connectivity index (χ3v) is 8.21. The zero-order valence-electron chi connectivity index (χ0n) is 22.0. The van der Waals surface area contributed by atoms with Gasteiger partial charge in [0.05, 0.1) is 19.5 Å². The predicted molar refractivity (Wildman–Crippen MR) is 139 cm³/mol. The lowest BCUT2D eigenvalue weighted by molar-refractivity contribution is -0.0588. The summed E-state index contributed by atoms with van der Waals surface area (Å²) >= 11 is 0. The first-order chi connectivity index (χ1) is 20.1. The van der Waals surface area contributed by atoms with Gasteiger partial charge in [0.1, 0.15) is 48.6 Å². The van der Waals surface area contributed by atoms with E-state index in [9.17, 15) is 33.8 Å². The maximum Gasteiger partial charge on any atom is 0.472 e. The number of aromatic nitrogens is 6. The summed E-state index contributed by atoms with van der Waals surface area (Å²) in [5.41, 5.74) is 4.80. The number of nitrogens with zero attached hydrogens (tertiary/aromatic N) is 5. The predicted octanol–water partition coefficient (Wildman–Crippen LogP) is -2.21. The van der Waals surface area contributed by atoms with E-state index in [4.69, 9.17) is 34.0 Å². The zero-order valence-corrected chi connectivity index (χ0v) is 23.8. The van der Waals surface area contributed by atoms with Crippen molar-refractivity contribution in [3.05, 3.63) is 45.3 Å². The van der Waals surface area contributed by atoms with Crippen LogP contribution in [0.2, 0.25) is 0 Å². The first kappa shape index (κ1) is 31.5. The van der Waals surface area contributed by atoms with Crippen molar-refractivity contribution >= 4 is 32.6 Å². The number of ether oxygens (including phenoxy) is 2. The number of aliphatic hydroxyl groups is 2. The number of hydrogen-bond acceptors (Lipinski definition) is 15. The van der Waals surface area contributed by atoms with Crippen LogP contribution < -0.4 is 17.0 Å². The molecule has 2 aliphatic heterocycles. The average molecular weight is 651 g/mol. The zero-order chi connectivity index (χ0) is 31.3. The number of H-pyrrole nitrogens is 1. The van der Waals surface area contributed by atoms with Gasteiger partial charge in [-0.1, -0.05) is 0 Å². The van der Waals surface area contributed by atoms with E-state index in [-0.39, 0.29) is 29.0 Å². The van der Waals surface area contributed by atoms with Gasteiger partial charge in [0.15, 0.2) is 17.7 Å². The van der Waals surface area contributed by atoms with Crippen molar-refractivity contribution in [2.24, 2.45) is 0 Å². The molecule has 2 aliphatic rings. The van der Waals surface area contributed by atoms with E-state index >= 15 is 0 Å². The molecule has 2 saturated heterocycles. The Hall–Kier alpha value is -2.91. The monoisotopic (exact) mass is 651 g/mol. The number of phosphoric acid groups is 2. The molecule has 0 saturated carbocycles. The van der Waals surface area contributed by atoms with Gasteiger partial charge in [-0.2, -0.15) is 0 Å². The molecule has 3 aromatic rings. The molecule has 0 spiro atoms. The third-order valence-electron chi connectivity index (χ3n) is 6.71. The lowest BCUT2D eigenvalue weighted by atomic mass is 10.1. The van der Waals surface area contributed by atoms with Crippen LogP contribution in [0, 0.1) is 6.92 Å². The van der Waals surface area contributed by atoms with Gasteiger partial charge in [0, 0.05) is 18.2 Å². The highest BCUT2D eigenvalue weighted by Gasteiger charge is 2.47. The molecule has 0 amide bonds. The summed E-state index contributed by atoms with van der Waals surface area (Å²) in [5, 5.41) is 21.1. The molecule has 0 aromatic carbocycles. The first-order valence-electron chi connectivity index (χ1n) is 12.4. The molecule has 8 N–H and O–H groups in total. The highest BCUT2D eigenvalue weighted by molar-refractivity contribution is 7.47. The van der Waals surface area contributed by atoms with Crippen LogP contribution in [-0.4, -0.2) is 97.7 Å². The minimum Gasteiger partial charge on any atom is -0.387 e. The second kappa shape index (κ2) is 11.9. The van der Waals surface area contributed by atoms with Crippen molar-refractivity contribution in [1.29, 1.82) is 0 Å². The number of aromatic amines is 1. The molecule has 236 valence electrons. The highest BCUT2D eigenvalue weighted by atomic mass is 31.2. The fourth-order valence-electron chi connectivity index (χ4n) is 4.62. The number of hydrogen-bond donors (Lipinski definition) is 7. The third kappa shape index (κ3) is 6.78. The van der Waals surface area contributed by atoms with E-state index in [0.29, 0.717) is 0 Å². The van der Waals surface area contributed by atoms with Gasteiger partial charge in [-0.05, 0) is 6.92 Å². The van der Waals surface area contributed by atoms with Crippen molar-refractivity contribution in [1.82, 2.24) is 29.1 Å². The van der Waals surface area contributed by atoms with E-state index in [1.807, 2.05) is 0 Å².